The molecule has 1 aromatic heterocycles. The number of rotatable bonds is 4. The van der Waals surface area contributed by atoms with Crippen LogP contribution in [0.15, 0.2) is 35.2 Å². The third kappa shape index (κ3) is 2.94. The topological polar surface area (TPSA) is 51.1 Å². The first-order chi connectivity index (χ1) is 9.31. The summed E-state index contributed by atoms with van der Waals surface area (Å²) < 4.78 is 29.4. The lowest BCUT2D eigenvalue weighted by molar-refractivity contribution is 0.578. The molecule has 0 amide bonds. The van der Waals surface area contributed by atoms with Crippen LogP contribution in [-0.2, 0) is 23.6 Å². The number of nitrogens with zero attached hydrogens (tertiary/aromatic N) is 1. The molecule has 0 radical (unpaired) electrons. The van der Waals surface area contributed by atoms with Crippen molar-refractivity contribution in [2.24, 2.45) is 7.05 Å². The van der Waals surface area contributed by atoms with E-state index >= 15 is 0 Å². The molecule has 2 rings (SSSR count). The Morgan fingerprint density at radius 1 is 1.10 bits per heavy atom. The predicted molar refractivity (Wildman–Crippen MR) is 80.1 cm³/mol. The number of hydrogen-bond donors (Lipinski definition) is 1. The molecule has 0 aliphatic rings. The zero-order chi connectivity index (χ0) is 14.9. The van der Waals surface area contributed by atoms with Gasteiger partial charge in [0.25, 0.3) is 0 Å². The van der Waals surface area contributed by atoms with E-state index in [4.69, 9.17) is 0 Å². The molecule has 0 bridgehead atoms. The molecule has 5 heteroatoms. The Balaban J connectivity index is 2.24. The van der Waals surface area contributed by atoms with E-state index < -0.39 is 10.0 Å². The van der Waals surface area contributed by atoms with Crippen LogP contribution in [-0.4, -0.2) is 13.0 Å². The molecule has 108 valence electrons. The Hall–Kier alpha value is -1.59. The second kappa shape index (κ2) is 5.42. The van der Waals surface area contributed by atoms with Crippen molar-refractivity contribution in [1.82, 2.24) is 9.29 Å². The van der Waals surface area contributed by atoms with Crippen molar-refractivity contribution in [3.63, 3.8) is 0 Å². The van der Waals surface area contributed by atoms with Crippen LogP contribution in [0, 0.1) is 20.8 Å². The molecular weight excluding hydrogens is 272 g/mol. The molecule has 4 nitrogen and oxygen atoms in total. The van der Waals surface area contributed by atoms with E-state index in [-0.39, 0.29) is 0 Å². The summed E-state index contributed by atoms with van der Waals surface area (Å²) >= 11 is 0. The first-order valence-electron chi connectivity index (χ1n) is 6.49. The van der Waals surface area contributed by atoms with E-state index in [1.165, 1.54) is 0 Å². The van der Waals surface area contributed by atoms with Gasteiger partial charge in [-0.3, -0.25) is 0 Å². The van der Waals surface area contributed by atoms with Crippen LogP contribution in [0.4, 0.5) is 0 Å². The van der Waals surface area contributed by atoms with Crippen LogP contribution in [0.2, 0.25) is 0 Å². The van der Waals surface area contributed by atoms with Gasteiger partial charge in [0.1, 0.15) is 0 Å². The molecule has 1 heterocycles. The van der Waals surface area contributed by atoms with Crippen molar-refractivity contribution in [2.75, 3.05) is 0 Å². The molecule has 0 spiro atoms. The van der Waals surface area contributed by atoms with Crippen LogP contribution in [0.25, 0.3) is 0 Å². The summed E-state index contributed by atoms with van der Waals surface area (Å²) in [5, 5.41) is 0. The molecule has 0 aliphatic carbocycles. The molecule has 0 saturated carbocycles. The fourth-order valence-electron chi connectivity index (χ4n) is 2.09. The van der Waals surface area contributed by atoms with E-state index in [1.807, 2.05) is 49.7 Å². The van der Waals surface area contributed by atoms with Crippen LogP contribution in [0.3, 0.4) is 0 Å². The minimum atomic E-state index is -3.48. The Labute approximate surface area is 120 Å². The largest absolute Gasteiger partial charge is 0.351 e. The maximum atomic E-state index is 12.4. The molecule has 0 aliphatic heterocycles. The van der Waals surface area contributed by atoms with Crippen molar-refractivity contribution >= 4 is 10.0 Å². The lowest BCUT2D eigenvalue weighted by atomic mass is 10.2. The highest BCUT2D eigenvalue weighted by molar-refractivity contribution is 7.89. The Morgan fingerprint density at radius 3 is 2.40 bits per heavy atom. The summed E-state index contributed by atoms with van der Waals surface area (Å²) in [4.78, 5) is 0.350. The monoisotopic (exact) mass is 292 g/mol. The van der Waals surface area contributed by atoms with Crippen LogP contribution in [0.5, 0.6) is 0 Å². The second-order valence-electron chi connectivity index (χ2n) is 5.12. The van der Waals surface area contributed by atoms with Crippen molar-refractivity contribution in [1.29, 1.82) is 0 Å². The lowest BCUT2D eigenvalue weighted by Crippen LogP contribution is -2.25. The summed E-state index contributed by atoms with van der Waals surface area (Å²) in [7, 11) is -1.56. The average Bonchev–Trinajstić information content (AvgIpc) is 2.70. The van der Waals surface area contributed by atoms with Crippen LogP contribution < -0.4 is 4.72 Å². The highest BCUT2D eigenvalue weighted by Gasteiger charge is 2.17. The smallest absolute Gasteiger partial charge is 0.241 e. The minimum absolute atomic E-state index is 0.292. The number of aromatic nitrogens is 1. The van der Waals surface area contributed by atoms with Gasteiger partial charge in [0.15, 0.2) is 0 Å². The predicted octanol–water partition coefficient (Wildman–Crippen LogP) is 2.43. The molecule has 1 N–H and O–H groups in total. The van der Waals surface area contributed by atoms with Crippen molar-refractivity contribution in [3.05, 3.63) is 52.8 Å². The van der Waals surface area contributed by atoms with Gasteiger partial charge in [-0.05, 0) is 50.1 Å². The second-order valence-corrected chi connectivity index (χ2v) is 6.85. The number of hydrogen-bond acceptors (Lipinski definition) is 2. The fourth-order valence-corrected chi connectivity index (χ4v) is 3.41. The first-order valence-corrected chi connectivity index (χ1v) is 7.97. The Morgan fingerprint density at radius 2 is 1.80 bits per heavy atom. The molecule has 1 aromatic carbocycles. The van der Waals surface area contributed by atoms with Gasteiger partial charge in [-0.25, -0.2) is 13.1 Å². The molecular formula is C15H20N2O2S. The Bertz CT molecular complexity index is 730. The zero-order valence-corrected chi connectivity index (χ0v) is 13.1. The van der Waals surface area contributed by atoms with Crippen LogP contribution >= 0.6 is 0 Å². The van der Waals surface area contributed by atoms with Gasteiger partial charge in [0.2, 0.25) is 10.0 Å². The highest BCUT2D eigenvalue weighted by Crippen LogP contribution is 2.17. The summed E-state index contributed by atoms with van der Waals surface area (Å²) in [6, 6.07) is 9.35. The Kier molecular flexibility index (Phi) is 4.01. The molecule has 0 unspecified atom stereocenters. The van der Waals surface area contributed by atoms with E-state index in [0.717, 1.165) is 22.5 Å². The van der Waals surface area contributed by atoms with E-state index in [0.29, 0.717) is 11.4 Å². The highest BCUT2D eigenvalue weighted by atomic mass is 32.2. The maximum Gasteiger partial charge on any atom is 0.241 e. The van der Waals surface area contributed by atoms with Gasteiger partial charge < -0.3 is 4.57 Å². The molecule has 20 heavy (non-hydrogen) atoms. The molecule has 2 aromatic rings. The third-order valence-electron chi connectivity index (χ3n) is 3.55. The summed E-state index contributed by atoms with van der Waals surface area (Å²) in [6.45, 7) is 5.97. The van der Waals surface area contributed by atoms with Gasteiger partial charge in [-0.2, -0.15) is 0 Å². The number of benzene rings is 1. The van der Waals surface area contributed by atoms with Crippen molar-refractivity contribution < 1.29 is 8.42 Å². The van der Waals surface area contributed by atoms with Gasteiger partial charge in [0.05, 0.1) is 11.4 Å². The number of aryl methyl sites for hydroxylation is 3. The van der Waals surface area contributed by atoms with Crippen molar-refractivity contribution in [3.8, 4) is 0 Å². The summed E-state index contributed by atoms with van der Waals surface area (Å²) in [5.74, 6) is 0. The lowest BCUT2D eigenvalue weighted by Gasteiger charge is -2.11. The third-order valence-corrected chi connectivity index (χ3v) is 5.10. The SMILES string of the molecule is Cc1ccc(C)c(S(=O)(=O)NCc2ccc(C)n2C)c1. The zero-order valence-electron chi connectivity index (χ0n) is 12.3. The van der Waals surface area contributed by atoms with Crippen molar-refractivity contribution in [2.45, 2.75) is 32.2 Å². The quantitative estimate of drug-likeness (QED) is 0.941. The number of nitrogens with one attached hydrogen (secondary N) is 1. The van der Waals surface area contributed by atoms with E-state index in [9.17, 15) is 8.42 Å². The van der Waals surface area contributed by atoms with Crippen LogP contribution in [0.1, 0.15) is 22.5 Å². The maximum absolute atomic E-state index is 12.4. The number of sulfonamides is 1. The van der Waals surface area contributed by atoms with Gasteiger partial charge in [-0.15, -0.1) is 0 Å². The van der Waals surface area contributed by atoms with Gasteiger partial charge >= 0.3 is 0 Å². The summed E-state index contributed by atoms with van der Waals surface area (Å²) in [5.41, 5.74) is 3.74. The van der Waals surface area contributed by atoms with E-state index in [1.54, 1.807) is 13.0 Å². The average molecular weight is 292 g/mol. The standard InChI is InChI=1S/C15H20N2O2S/c1-11-5-6-12(2)15(9-11)20(18,19)16-10-14-8-7-13(3)17(14)4/h5-9,16H,10H2,1-4H3. The molecule has 0 fully saturated rings. The summed E-state index contributed by atoms with van der Waals surface area (Å²) in [6.07, 6.45) is 0. The first kappa shape index (κ1) is 14.8. The van der Waals surface area contributed by atoms with E-state index in [2.05, 4.69) is 4.72 Å². The fraction of sp³-hybridized carbons (Fsp3) is 0.333. The van der Waals surface area contributed by atoms with Gasteiger partial charge in [0, 0.05) is 18.4 Å². The molecule has 0 saturated heterocycles. The normalized spacial score (nSPS) is 11.8. The molecule has 0 atom stereocenters. The van der Waals surface area contributed by atoms with Gasteiger partial charge in [-0.1, -0.05) is 12.1 Å². The minimum Gasteiger partial charge on any atom is -0.351 e.